The fourth-order valence-electron chi connectivity index (χ4n) is 4.26. The van der Waals surface area contributed by atoms with Gasteiger partial charge in [-0.2, -0.15) is 0 Å². The lowest BCUT2D eigenvalue weighted by atomic mass is 10.1. The number of benzene rings is 1. The van der Waals surface area contributed by atoms with Crippen LogP contribution in [0.15, 0.2) is 53.7 Å². The van der Waals surface area contributed by atoms with E-state index in [0.717, 1.165) is 25.0 Å². The zero-order valence-electron chi connectivity index (χ0n) is 21.5. The van der Waals surface area contributed by atoms with Gasteiger partial charge in [-0.15, -0.1) is 0 Å². The quantitative estimate of drug-likeness (QED) is 0.473. The molecular formula is C26H31N5O5S. The average molecular weight is 526 g/mol. The van der Waals surface area contributed by atoms with E-state index >= 15 is 0 Å². The fraction of sp³-hybridized carbons (Fsp3) is 0.346. The highest BCUT2D eigenvalue weighted by molar-refractivity contribution is 7.90. The third-order valence-electron chi connectivity index (χ3n) is 5.84. The maximum absolute atomic E-state index is 12.2. The molecule has 0 radical (unpaired) electrons. The zero-order chi connectivity index (χ0) is 26.7. The first-order valence-electron chi connectivity index (χ1n) is 11.8. The van der Waals surface area contributed by atoms with Crippen LogP contribution in [-0.2, 0) is 19.4 Å². The minimum atomic E-state index is -3.48. The van der Waals surface area contributed by atoms with E-state index in [1.165, 1.54) is 26.2 Å². The van der Waals surface area contributed by atoms with Gasteiger partial charge in [0.15, 0.2) is 9.84 Å². The summed E-state index contributed by atoms with van der Waals surface area (Å²) in [4.78, 5) is 23.0. The molecule has 11 heteroatoms. The Balaban J connectivity index is 1.71. The molecule has 0 bridgehead atoms. The van der Waals surface area contributed by atoms with Crippen molar-refractivity contribution in [3.8, 4) is 17.0 Å². The van der Waals surface area contributed by atoms with Gasteiger partial charge in [-0.1, -0.05) is 0 Å². The van der Waals surface area contributed by atoms with Crippen LogP contribution in [0.1, 0.15) is 20.8 Å². The van der Waals surface area contributed by atoms with Crippen molar-refractivity contribution in [2.75, 3.05) is 42.0 Å². The highest BCUT2D eigenvalue weighted by atomic mass is 32.2. The number of pyridine rings is 2. The second kappa shape index (κ2) is 10.7. The number of rotatable bonds is 7. The summed E-state index contributed by atoms with van der Waals surface area (Å²) in [6.45, 7) is 7.07. The minimum absolute atomic E-state index is 0.114. The Hall–Kier alpha value is -3.70. The van der Waals surface area contributed by atoms with Gasteiger partial charge in [0.2, 0.25) is 5.91 Å². The second-order valence-electron chi connectivity index (χ2n) is 9.15. The normalized spacial score (nSPS) is 17.8. The molecular weight excluding hydrogens is 494 g/mol. The summed E-state index contributed by atoms with van der Waals surface area (Å²) in [5, 5.41) is 5.94. The van der Waals surface area contributed by atoms with Crippen molar-refractivity contribution < 1.29 is 22.7 Å². The van der Waals surface area contributed by atoms with Gasteiger partial charge >= 0.3 is 0 Å². The number of nitrogens with zero attached hydrogens (tertiary/aromatic N) is 3. The Morgan fingerprint density at radius 1 is 1.08 bits per heavy atom. The number of hydrogen-bond donors (Lipinski definition) is 2. The average Bonchev–Trinajstić information content (AvgIpc) is 2.82. The van der Waals surface area contributed by atoms with Gasteiger partial charge in [-0.25, -0.2) is 13.4 Å². The second-order valence-corrected chi connectivity index (χ2v) is 11.2. The first-order valence-corrected chi connectivity index (χ1v) is 13.7. The summed E-state index contributed by atoms with van der Waals surface area (Å²) < 4.78 is 35.6. The third kappa shape index (κ3) is 6.55. The largest absolute Gasteiger partial charge is 0.497 e. The Bertz CT molecular complexity index is 1380. The number of sulfone groups is 1. The van der Waals surface area contributed by atoms with Crippen LogP contribution in [0.25, 0.3) is 11.3 Å². The van der Waals surface area contributed by atoms with Crippen LogP contribution in [0.2, 0.25) is 0 Å². The molecule has 0 saturated carbocycles. The molecule has 0 spiro atoms. The number of hydrogen-bond acceptors (Lipinski definition) is 9. The van der Waals surface area contributed by atoms with E-state index in [1.54, 1.807) is 18.3 Å². The van der Waals surface area contributed by atoms with Gasteiger partial charge in [-0.3, -0.25) is 9.78 Å². The molecule has 37 heavy (non-hydrogen) atoms. The number of nitrogens with one attached hydrogen (secondary N) is 2. The first kappa shape index (κ1) is 26.4. The number of methoxy groups -OCH3 is 1. The predicted octanol–water partition coefficient (Wildman–Crippen LogP) is 3.87. The van der Waals surface area contributed by atoms with Gasteiger partial charge in [-0.05, 0) is 38.1 Å². The predicted molar refractivity (Wildman–Crippen MR) is 143 cm³/mol. The lowest BCUT2D eigenvalue weighted by Crippen LogP contribution is -2.45. The summed E-state index contributed by atoms with van der Waals surface area (Å²) in [5.41, 5.74) is 3.41. The van der Waals surface area contributed by atoms with Crippen LogP contribution in [0.4, 0.5) is 22.9 Å². The summed E-state index contributed by atoms with van der Waals surface area (Å²) in [5.74, 6) is 0.473. The molecule has 2 atom stereocenters. The van der Waals surface area contributed by atoms with Crippen molar-refractivity contribution in [2.45, 2.75) is 37.9 Å². The zero-order valence-corrected chi connectivity index (χ0v) is 22.3. The van der Waals surface area contributed by atoms with E-state index < -0.39 is 9.84 Å². The molecule has 196 valence electrons. The lowest BCUT2D eigenvalue weighted by Gasteiger charge is -2.36. The molecule has 3 heterocycles. The van der Waals surface area contributed by atoms with Crippen LogP contribution < -0.4 is 20.3 Å². The molecule has 1 amide bonds. The summed E-state index contributed by atoms with van der Waals surface area (Å²) in [7, 11) is -2.00. The molecule has 1 saturated heterocycles. The van der Waals surface area contributed by atoms with Gasteiger partial charge in [0, 0.05) is 55.8 Å². The summed E-state index contributed by atoms with van der Waals surface area (Å²) in [6, 6.07) is 10.3. The summed E-state index contributed by atoms with van der Waals surface area (Å²) >= 11 is 0. The van der Waals surface area contributed by atoms with Crippen molar-refractivity contribution >= 4 is 38.6 Å². The van der Waals surface area contributed by atoms with E-state index in [4.69, 9.17) is 9.47 Å². The number of ether oxygens (including phenoxy) is 2. The highest BCUT2D eigenvalue weighted by Crippen LogP contribution is 2.34. The van der Waals surface area contributed by atoms with Gasteiger partial charge in [0.1, 0.15) is 11.6 Å². The molecule has 10 nitrogen and oxygen atoms in total. The molecule has 0 aliphatic carbocycles. The number of anilines is 4. The van der Waals surface area contributed by atoms with Crippen LogP contribution >= 0.6 is 0 Å². The molecule has 1 aliphatic heterocycles. The maximum Gasteiger partial charge on any atom is 0.222 e. The van der Waals surface area contributed by atoms with Crippen molar-refractivity contribution in [3.05, 3.63) is 48.8 Å². The van der Waals surface area contributed by atoms with Crippen molar-refractivity contribution in [1.82, 2.24) is 9.97 Å². The fourth-order valence-corrected chi connectivity index (χ4v) is 4.94. The lowest BCUT2D eigenvalue weighted by molar-refractivity contribution is -0.114. The molecule has 2 aromatic heterocycles. The molecule has 1 aromatic carbocycles. The molecule has 2 unspecified atom stereocenters. The van der Waals surface area contributed by atoms with Gasteiger partial charge < -0.3 is 25.0 Å². The monoisotopic (exact) mass is 525 g/mol. The van der Waals surface area contributed by atoms with E-state index in [2.05, 4.69) is 39.3 Å². The van der Waals surface area contributed by atoms with E-state index in [1.807, 2.05) is 18.3 Å². The van der Waals surface area contributed by atoms with Gasteiger partial charge in [0.05, 0.1) is 47.5 Å². The highest BCUT2D eigenvalue weighted by Gasteiger charge is 2.23. The molecule has 1 fully saturated rings. The number of morpholine rings is 1. The van der Waals surface area contributed by atoms with Gasteiger partial charge in [0.25, 0.3) is 0 Å². The SMILES string of the molecule is COc1cc(Nc2cc(NC(C)=O)ncc2-c2ccc(N3CC(C)OC(C)C3)cn2)cc(S(C)(=O)=O)c1. The summed E-state index contributed by atoms with van der Waals surface area (Å²) in [6.07, 6.45) is 4.83. The Labute approximate surface area is 217 Å². The van der Waals surface area contributed by atoms with Crippen LogP contribution in [0.5, 0.6) is 5.75 Å². The third-order valence-corrected chi connectivity index (χ3v) is 6.93. The van der Waals surface area contributed by atoms with E-state index in [-0.39, 0.29) is 23.0 Å². The Morgan fingerprint density at radius 2 is 1.81 bits per heavy atom. The molecule has 2 N–H and O–H groups in total. The van der Waals surface area contributed by atoms with E-state index in [0.29, 0.717) is 34.2 Å². The van der Waals surface area contributed by atoms with Crippen LogP contribution in [0.3, 0.4) is 0 Å². The van der Waals surface area contributed by atoms with Crippen LogP contribution in [0, 0.1) is 0 Å². The van der Waals surface area contributed by atoms with Crippen molar-refractivity contribution in [2.24, 2.45) is 0 Å². The Kier molecular flexibility index (Phi) is 7.65. The number of carbonyl (C=O) groups is 1. The maximum atomic E-state index is 12.2. The number of amides is 1. The number of aromatic nitrogens is 2. The first-order chi connectivity index (χ1) is 17.5. The topological polar surface area (TPSA) is 123 Å². The smallest absolute Gasteiger partial charge is 0.222 e. The van der Waals surface area contributed by atoms with E-state index in [9.17, 15) is 13.2 Å². The van der Waals surface area contributed by atoms with Crippen molar-refractivity contribution in [3.63, 3.8) is 0 Å². The molecule has 4 rings (SSSR count). The number of carbonyl (C=O) groups excluding carboxylic acids is 1. The molecule has 3 aromatic rings. The Morgan fingerprint density at radius 3 is 2.41 bits per heavy atom. The molecule has 1 aliphatic rings. The van der Waals surface area contributed by atoms with Crippen LogP contribution in [-0.4, -0.2) is 63.0 Å². The minimum Gasteiger partial charge on any atom is -0.497 e. The standard InChI is InChI=1S/C26H31N5O5S/c1-16-14-31(15-17(2)36-16)20-6-7-24(27-12-20)23-13-28-26(29-18(3)32)11-25(23)30-19-8-21(35-4)10-22(9-19)37(5,33)34/h6-13,16-17H,14-15H2,1-5H3,(H2,28,29,30,32). The van der Waals surface area contributed by atoms with Crippen molar-refractivity contribution in [1.29, 1.82) is 0 Å².